The molecule has 1 aliphatic heterocycles. The van der Waals surface area contributed by atoms with Gasteiger partial charge in [0.2, 0.25) is 0 Å². The average molecular weight is 258 g/mol. The Labute approximate surface area is 107 Å². The van der Waals surface area contributed by atoms with Crippen molar-refractivity contribution < 1.29 is 19.4 Å². The van der Waals surface area contributed by atoms with Crippen LogP contribution in [0.25, 0.3) is 0 Å². The molecule has 1 rings (SSSR count). The van der Waals surface area contributed by atoms with Crippen LogP contribution < -0.4 is 5.32 Å². The molecule has 0 aromatic rings. The van der Waals surface area contributed by atoms with Gasteiger partial charge in [-0.1, -0.05) is 13.8 Å². The van der Waals surface area contributed by atoms with Crippen molar-refractivity contribution in [1.29, 1.82) is 0 Å². The number of nitrogens with one attached hydrogen (secondary N) is 1. The predicted octanol–water partition coefficient (Wildman–Crippen LogP) is 1.06. The minimum Gasteiger partial charge on any atom is -0.480 e. The normalized spacial score (nSPS) is 23.3. The van der Waals surface area contributed by atoms with Gasteiger partial charge in [-0.3, -0.25) is 0 Å². The molecule has 18 heavy (non-hydrogen) atoms. The number of hydrogen-bond donors (Lipinski definition) is 2. The maximum atomic E-state index is 12.0. The number of hydrogen-bond acceptors (Lipinski definition) is 3. The third kappa shape index (κ3) is 3.35. The van der Waals surface area contributed by atoms with Gasteiger partial charge in [0, 0.05) is 13.1 Å². The summed E-state index contributed by atoms with van der Waals surface area (Å²) in [6.07, 6.45) is 1.23. The van der Waals surface area contributed by atoms with E-state index >= 15 is 0 Å². The van der Waals surface area contributed by atoms with Crippen molar-refractivity contribution in [3.8, 4) is 0 Å². The Bertz CT molecular complexity index is 321. The third-order valence-corrected chi connectivity index (χ3v) is 3.44. The van der Waals surface area contributed by atoms with E-state index in [1.807, 2.05) is 6.92 Å². The van der Waals surface area contributed by atoms with Crippen molar-refractivity contribution in [3.63, 3.8) is 0 Å². The second-order valence-electron chi connectivity index (χ2n) is 4.77. The van der Waals surface area contributed by atoms with Gasteiger partial charge in [-0.25, -0.2) is 9.59 Å². The van der Waals surface area contributed by atoms with Crippen LogP contribution >= 0.6 is 0 Å². The Hall–Kier alpha value is -1.30. The molecule has 0 saturated carbocycles. The molecule has 0 radical (unpaired) electrons. The van der Waals surface area contributed by atoms with Crippen LogP contribution in [-0.2, 0) is 9.53 Å². The maximum absolute atomic E-state index is 12.0. The predicted molar refractivity (Wildman–Crippen MR) is 66.5 cm³/mol. The van der Waals surface area contributed by atoms with Crippen LogP contribution in [-0.4, -0.2) is 53.3 Å². The summed E-state index contributed by atoms with van der Waals surface area (Å²) in [6, 6.07) is -0.330. The van der Waals surface area contributed by atoms with Gasteiger partial charge in [0.25, 0.3) is 0 Å². The largest absolute Gasteiger partial charge is 0.480 e. The molecule has 6 heteroatoms. The van der Waals surface area contributed by atoms with Gasteiger partial charge in [-0.15, -0.1) is 0 Å². The van der Waals surface area contributed by atoms with E-state index in [2.05, 4.69) is 5.32 Å². The number of amides is 2. The van der Waals surface area contributed by atoms with Gasteiger partial charge in [0.15, 0.2) is 0 Å². The number of carbonyl (C=O) groups excluding carboxylic acids is 1. The van der Waals surface area contributed by atoms with Crippen molar-refractivity contribution in [2.75, 3.05) is 19.7 Å². The number of aliphatic carboxylic acids is 1. The van der Waals surface area contributed by atoms with Crippen molar-refractivity contribution >= 4 is 12.0 Å². The lowest BCUT2D eigenvalue weighted by Gasteiger charge is -2.35. The first-order valence-corrected chi connectivity index (χ1v) is 6.35. The highest BCUT2D eigenvalue weighted by molar-refractivity contribution is 5.85. The third-order valence-electron chi connectivity index (χ3n) is 3.44. The molecule has 0 aromatic heterocycles. The summed E-state index contributed by atoms with van der Waals surface area (Å²) in [6.45, 7) is 6.78. The van der Waals surface area contributed by atoms with Crippen molar-refractivity contribution in [2.45, 2.75) is 45.3 Å². The summed E-state index contributed by atoms with van der Waals surface area (Å²) >= 11 is 0. The highest BCUT2D eigenvalue weighted by atomic mass is 16.5. The zero-order valence-corrected chi connectivity index (χ0v) is 11.2. The SMILES string of the molecule is CCC1CN(C(=O)NC(C)(CC)C(=O)O)CCO1. The molecule has 2 N–H and O–H groups in total. The molecule has 1 heterocycles. The van der Waals surface area contributed by atoms with E-state index in [1.54, 1.807) is 11.8 Å². The van der Waals surface area contributed by atoms with E-state index in [-0.39, 0.29) is 12.1 Å². The van der Waals surface area contributed by atoms with Gasteiger partial charge in [0.1, 0.15) is 5.54 Å². The molecule has 1 aliphatic rings. The molecule has 1 fully saturated rings. The zero-order chi connectivity index (χ0) is 13.8. The molecule has 2 amide bonds. The first-order chi connectivity index (χ1) is 8.42. The van der Waals surface area contributed by atoms with Crippen LogP contribution in [0, 0.1) is 0 Å². The van der Waals surface area contributed by atoms with Gasteiger partial charge < -0.3 is 20.1 Å². The maximum Gasteiger partial charge on any atom is 0.329 e. The monoisotopic (exact) mass is 258 g/mol. The van der Waals surface area contributed by atoms with Gasteiger partial charge in [-0.05, 0) is 19.8 Å². The van der Waals surface area contributed by atoms with Gasteiger partial charge in [-0.2, -0.15) is 0 Å². The van der Waals surface area contributed by atoms with Crippen molar-refractivity contribution in [3.05, 3.63) is 0 Å². The quantitative estimate of drug-likeness (QED) is 0.790. The van der Waals surface area contributed by atoms with E-state index in [4.69, 9.17) is 9.84 Å². The lowest BCUT2D eigenvalue weighted by molar-refractivity contribution is -0.143. The molecule has 1 saturated heterocycles. The van der Waals surface area contributed by atoms with Crippen molar-refractivity contribution in [1.82, 2.24) is 10.2 Å². The summed E-state index contributed by atoms with van der Waals surface area (Å²) < 4.78 is 5.47. The minimum atomic E-state index is -1.21. The summed E-state index contributed by atoms with van der Waals surface area (Å²) in [7, 11) is 0. The topological polar surface area (TPSA) is 78.9 Å². The first kappa shape index (κ1) is 14.8. The number of rotatable bonds is 4. The van der Waals surface area contributed by atoms with Crippen LogP contribution in [0.3, 0.4) is 0 Å². The first-order valence-electron chi connectivity index (χ1n) is 6.35. The van der Waals surface area contributed by atoms with E-state index in [9.17, 15) is 9.59 Å². The molecule has 6 nitrogen and oxygen atoms in total. The second-order valence-corrected chi connectivity index (χ2v) is 4.77. The summed E-state index contributed by atoms with van der Waals surface area (Å²) in [5.41, 5.74) is -1.21. The van der Waals surface area contributed by atoms with Crippen LogP contribution in [0.1, 0.15) is 33.6 Å². The molecule has 0 spiro atoms. The number of carbonyl (C=O) groups is 2. The lowest BCUT2D eigenvalue weighted by Crippen LogP contribution is -2.58. The number of carboxylic acids is 1. The molecule has 104 valence electrons. The highest BCUT2D eigenvalue weighted by Gasteiger charge is 2.35. The molecule has 0 aliphatic carbocycles. The summed E-state index contributed by atoms with van der Waals surface area (Å²) in [5.74, 6) is -1.02. The fourth-order valence-corrected chi connectivity index (χ4v) is 1.76. The smallest absolute Gasteiger partial charge is 0.329 e. The summed E-state index contributed by atoms with van der Waals surface area (Å²) in [4.78, 5) is 24.8. The van der Waals surface area contributed by atoms with E-state index in [0.29, 0.717) is 26.1 Å². The number of carboxylic acid groups (broad SMARTS) is 1. The average Bonchev–Trinajstić information content (AvgIpc) is 2.38. The lowest BCUT2D eigenvalue weighted by atomic mass is 10.00. The number of urea groups is 1. The van der Waals surface area contributed by atoms with Crippen molar-refractivity contribution in [2.24, 2.45) is 0 Å². The van der Waals surface area contributed by atoms with E-state index in [0.717, 1.165) is 6.42 Å². The fraction of sp³-hybridized carbons (Fsp3) is 0.833. The number of nitrogens with zero attached hydrogens (tertiary/aromatic N) is 1. The summed E-state index contributed by atoms with van der Waals surface area (Å²) in [5, 5.41) is 11.7. The Balaban J connectivity index is 2.61. The Kier molecular flexibility index (Phi) is 4.95. The van der Waals surface area contributed by atoms with Crippen LogP contribution in [0.2, 0.25) is 0 Å². The molecule has 2 atom stereocenters. The Morgan fingerprint density at radius 3 is 2.67 bits per heavy atom. The molecular weight excluding hydrogens is 236 g/mol. The van der Waals surface area contributed by atoms with Crippen LogP contribution in [0.5, 0.6) is 0 Å². The Morgan fingerprint density at radius 1 is 1.50 bits per heavy atom. The molecule has 0 aromatic carbocycles. The van der Waals surface area contributed by atoms with Gasteiger partial charge >= 0.3 is 12.0 Å². The minimum absolute atomic E-state index is 0.0437. The zero-order valence-electron chi connectivity index (χ0n) is 11.2. The number of morpholine rings is 1. The van der Waals surface area contributed by atoms with E-state index < -0.39 is 11.5 Å². The highest BCUT2D eigenvalue weighted by Crippen LogP contribution is 2.13. The molecule has 0 bridgehead atoms. The van der Waals surface area contributed by atoms with Gasteiger partial charge in [0.05, 0.1) is 12.7 Å². The standard InChI is InChI=1S/C12H22N2O4/c1-4-9-8-14(6-7-18-9)11(17)13-12(3,5-2)10(15)16/h9H,4-8H2,1-3H3,(H,13,17)(H,15,16). The van der Waals surface area contributed by atoms with Crippen LogP contribution in [0.15, 0.2) is 0 Å². The second kappa shape index (κ2) is 6.04. The Morgan fingerprint density at radius 2 is 2.17 bits per heavy atom. The fourth-order valence-electron chi connectivity index (χ4n) is 1.76. The molecule has 2 unspecified atom stereocenters. The van der Waals surface area contributed by atoms with E-state index in [1.165, 1.54) is 6.92 Å². The number of ether oxygens (including phenoxy) is 1. The molecular formula is C12H22N2O4. The van der Waals surface area contributed by atoms with Crippen LogP contribution in [0.4, 0.5) is 4.79 Å².